The minimum absolute atomic E-state index is 0.590. The number of nitrogen functional groups attached to an aromatic ring is 1. The Morgan fingerprint density at radius 3 is 2.67 bits per heavy atom. The highest BCUT2D eigenvalue weighted by atomic mass is 16.5. The van der Waals surface area contributed by atoms with Crippen LogP contribution in [0.15, 0.2) is 35.4 Å². The van der Waals surface area contributed by atoms with Crippen molar-refractivity contribution in [1.29, 1.82) is 0 Å². The highest BCUT2D eigenvalue weighted by Gasteiger charge is 2.12. The van der Waals surface area contributed by atoms with Gasteiger partial charge in [-0.1, -0.05) is 19.9 Å². The molecular weight excluding hydrogens is 416 g/mol. The minimum atomic E-state index is 0.590. The molecule has 3 rings (SSSR count). The SMILES string of the molecule is CCCN(CCC)c1cc(/C=N/Nc2cc(C)ccc2N)nc(OCCN2CCOCC2)c1. The van der Waals surface area contributed by atoms with Crippen molar-refractivity contribution >= 4 is 23.3 Å². The first kappa shape index (κ1) is 24.8. The molecule has 0 aliphatic carbocycles. The monoisotopic (exact) mass is 454 g/mol. The molecular formula is C25H38N6O2. The van der Waals surface area contributed by atoms with E-state index in [1.165, 1.54) is 0 Å². The van der Waals surface area contributed by atoms with Crippen molar-refractivity contribution < 1.29 is 9.47 Å². The highest BCUT2D eigenvalue weighted by molar-refractivity contribution is 5.80. The number of hydrazone groups is 1. The Labute approximate surface area is 197 Å². The number of nitrogens with zero attached hydrogens (tertiary/aromatic N) is 4. The van der Waals surface area contributed by atoms with E-state index in [0.717, 1.165) is 81.4 Å². The van der Waals surface area contributed by atoms with Crippen molar-refractivity contribution in [3.8, 4) is 5.88 Å². The summed E-state index contributed by atoms with van der Waals surface area (Å²) in [6.07, 6.45) is 3.87. The van der Waals surface area contributed by atoms with Gasteiger partial charge in [0.25, 0.3) is 0 Å². The first-order chi connectivity index (χ1) is 16.1. The normalized spacial score (nSPS) is 14.5. The van der Waals surface area contributed by atoms with Crippen molar-refractivity contribution in [2.75, 3.05) is 68.6 Å². The Morgan fingerprint density at radius 2 is 1.94 bits per heavy atom. The predicted octanol–water partition coefficient (Wildman–Crippen LogP) is 3.76. The molecule has 0 spiro atoms. The molecule has 3 N–H and O–H groups in total. The number of rotatable bonds is 12. The average molecular weight is 455 g/mol. The van der Waals surface area contributed by atoms with Gasteiger partial charge in [-0.25, -0.2) is 4.98 Å². The van der Waals surface area contributed by atoms with Gasteiger partial charge in [0.1, 0.15) is 6.61 Å². The first-order valence-corrected chi connectivity index (χ1v) is 11.9. The van der Waals surface area contributed by atoms with Gasteiger partial charge >= 0.3 is 0 Å². The summed E-state index contributed by atoms with van der Waals surface area (Å²) in [6.45, 7) is 13.3. The van der Waals surface area contributed by atoms with Gasteiger partial charge in [0.15, 0.2) is 0 Å². The summed E-state index contributed by atoms with van der Waals surface area (Å²) in [5.41, 5.74) is 13.5. The van der Waals surface area contributed by atoms with Crippen LogP contribution in [0.4, 0.5) is 17.1 Å². The molecule has 1 aromatic carbocycles. The molecule has 0 radical (unpaired) electrons. The first-order valence-electron chi connectivity index (χ1n) is 11.9. The minimum Gasteiger partial charge on any atom is -0.476 e. The molecule has 1 aliphatic rings. The average Bonchev–Trinajstić information content (AvgIpc) is 2.82. The molecule has 0 bridgehead atoms. The Bertz CT molecular complexity index is 892. The molecule has 8 heteroatoms. The van der Waals surface area contributed by atoms with E-state index in [1.54, 1.807) is 6.21 Å². The molecule has 1 aromatic heterocycles. The fourth-order valence-electron chi connectivity index (χ4n) is 3.78. The van der Waals surface area contributed by atoms with E-state index in [2.05, 4.69) is 45.2 Å². The third-order valence-corrected chi connectivity index (χ3v) is 5.51. The van der Waals surface area contributed by atoms with E-state index in [1.807, 2.05) is 31.2 Å². The van der Waals surface area contributed by atoms with Gasteiger partial charge in [-0.3, -0.25) is 10.3 Å². The predicted molar refractivity (Wildman–Crippen MR) is 137 cm³/mol. The molecule has 0 amide bonds. The van der Waals surface area contributed by atoms with Gasteiger partial charge in [-0.05, 0) is 43.5 Å². The maximum absolute atomic E-state index is 6.07. The van der Waals surface area contributed by atoms with Crippen LogP contribution in [0, 0.1) is 6.92 Å². The van der Waals surface area contributed by atoms with Crippen molar-refractivity contribution in [1.82, 2.24) is 9.88 Å². The summed E-state index contributed by atoms with van der Waals surface area (Å²) in [5, 5.41) is 4.39. The second kappa shape index (κ2) is 13.0. The fourth-order valence-corrected chi connectivity index (χ4v) is 3.78. The van der Waals surface area contributed by atoms with Gasteiger partial charge in [0.05, 0.1) is 36.5 Å². The van der Waals surface area contributed by atoms with E-state index in [9.17, 15) is 0 Å². The Kier molecular flexibility index (Phi) is 9.77. The zero-order valence-corrected chi connectivity index (χ0v) is 20.2. The van der Waals surface area contributed by atoms with Crippen LogP contribution in [0.3, 0.4) is 0 Å². The van der Waals surface area contributed by atoms with Crippen LogP contribution in [-0.2, 0) is 4.74 Å². The maximum atomic E-state index is 6.07. The largest absolute Gasteiger partial charge is 0.476 e. The van der Waals surface area contributed by atoms with Crippen molar-refractivity contribution in [2.24, 2.45) is 5.10 Å². The number of hydrogen-bond donors (Lipinski definition) is 2. The summed E-state index contributed by atoms with van der Waals surface area (Å²) in [6, 6.07) is 9.92. The molecule has 33 heavy (non-hydrogen) atoms. The lowest BCUT2D eigenvalue weighted by atomic mass is 10.2. The molecule has 8 nitrogen and oxygen atoms in total. The lowest BCUT2D eigenvalue weighted by Gasteiger charge is -2.26. The highest BCUT2D eigenvalue weighted by Crippen LogP contribution is 2.22. The number of benzene rings is 1. The summed E-state index contributed by atoms with van der Waals surface area (Å²) in [4.78, 5) is 9.41. The molecule has 180 valence electrons. The molecule has 2 heterocycles. The number of nitrogens with one attached hydrogen (secondary N) is 1. The van der Waals surface area contributed by atoms with Crippen molar-refractivity contribution in [2.45, 2.75) is 33.6 Å². The molecule has 0 saturated carbocycles. The Hall–Kier alpha value is -2.84. The van der Waals surface area contributed by atoms with Gasteiger partial charge in [0.2, 0.25) is 5.88 Å². The van der Waals surface area contributed by atoms with Crippen molar-refractivity contribution in [3.05, 3.63) is 41.6 Å². The molecule has 0 unspecified atom stereocenters. The van der Waals surface area contributed by atoms with E-state index in [0.29, 0.717) is 18.2 Å². The van der Waals surface area contributed by atoms with E-state index >= 15 is 0 Å². The number of anilines is 3. The lowest BCUT2D eigenvalue weighted by Crippen LogP contribution is -2.38. The van der Waals surface area contributed by atoms with Crippen LogP contribution < -0.4 is 20.8 Å². The quantitative estimate of drug-likeness (QED) is 0.287. The smallest absolute Gasteiger partial charge is 0.215 e. The third-order valence-electron chi connectivity index (χ3n) is 5.51. The van der Waals surface area contributed by atoms with E-state index in [-0.39, 0.29) is 0 Å². The molecule has 1 fully saturated rings. The Morgan fingerprint density at radius 1 is 1.18 bits per heavy atom. The number of ether oxygens (including phenoxy) is 2. The van der Waals surface area contributed by atoms with Crippen molar-refractivity contribution in [3.63, 3.8) is 0 Å². The topological polar surface area (TPSA) is 88.2 Å². The number of hydrogen-bond acceptors (Lipinski definition) is 8. The number of nitrogens with two attached hydrogens (primary N) is 1. The van der Waals surface area contributed by atoms with Crippen LogP contribution in [-0.4, -0.2) is 68.6 Å². The zero-order chi connectivity index (χ0) is 23.5. The molecule has 0 atom stereocenters. The lowest BCUT2D eigenvalue weighted by molar-refractivity contribution is 0.0320. The summed E-state index contributed by atoms with van der Waals surface area (Å²) in [7, 11) is 0. The fraction of sp³-hybridized carbons (Fsp3) is 0.520. The van der Waals surface area contributed by atoms with Crippen LogP contribution in [0.1, 0.15) is 37.9 Å². The number of aromatic nitrogens is 1. The Balaban J connectivity index is 1.74. The van der Waals surface area contributed by atoms with Crippen LogP contribution >= 0.6 is 0 Å². The number of pyridine rings is 1. The maximum Gasteiger partial charge on any atom is 0.215 e. The second-order valence-corrected chi connectivity index (χ2v) is 8.34. The summed E-state index contributed by atoms with van der Waals surface area (Å²) in [5.74, 6) is 0.620. The van der Waals surface area contributed by atoms with Gasteiger partial charge in [-0.2, -0.15) is 5.10 Å². The molecule has 2 aromatic rings. The van der Waals surface area contributed by atoms with E-state index in [4.69, 9.17) is 15.2 Å². The van der Waals surface area contributed by atoms with E-state index < -0.39 is 0 Å². The summed E-state index contributed by atoms with van der Waals surface area (Å²) >= 11 is 0. The van der Waals surface area contributed by atoms with Crippen LogP contribution in [0.2, 0.25) is 0 Å². The number of aryl methyl sites for hydroxylation is 1. The standard InChI is InChI=1S/C25H38N6O2/c1-4-8-31(9-5-2)22-17-21(19-27-29-24-16-20(3)6-7-23(24)26)28-25(18-22)33-15-12-30-10-13-32-14-11-30/h6-7,16-19,29H,4-5,8-15,26H2,1-3H3/b27-19+. The zero-order valence-electron chi connectivity index (χ0n) is 20.2. The summed E-state index contributed by atoms with van der Waals surface area (Å²) < 4.78 is 11.5. The van der Waals surface area contributed by atoms with Gasteiger partial charge in [0, 0.05) is 44.5 Å². The van der Waals surface area contributed by atoms with Gasteiger partial charge < -0.3 is 20.1 Å². The third kappa shape index (κ3) is 7.91. The number of morpholine rings is 1. The van der Waals surface area contributed by atoms with Crippen LogP contribution in [0.5, 0.6) is 5.88 Å². The van der Waals surface area contributed by atoms with Crippen LogP contribution in [0.25, 0.3) is 0 Å². The second-order valence-electron chi connectivity index (χ2n) is 8.34. The molecule has 1 aliphatic heterocycles. The van der Waals surface area contributed by atoms with Gasteiger partial charge in [-0.15, -0.1) is 0 Å². The molecule has 1 saturated heterocycles.